The molecule has 1 heteroatoms. The molecule has 3 unspecified atom stereocenters. The van der Waals surface area contributed by atoms with E-state index in [2.05, 4.69) is 113 Å². The van der Waals surface area contributed by atoms with Crippen LogP contribution >= 0.6 is 11.6 Å². The van der Waals surface area contributed by atoms with Crippen LogP contribution < -0.4 is 0 Å². The summed E-state index contributed by atoms with van der Waals surface area (Å²) in [5.74, 6) is 2.18. The van der Waals surface area contributed by atoms with Gasteiger partial charge in [0.25, 0.3) is 0 Å². The van der Waals surface area contributed by atoms with Gasteiger partial charge in [0, 0.05) is 5.88 Å². The van der Waals surface area contributed by atoms with Crippen molar-refractivity contribution < 1.29 is 0 Å². The molecule has 3 aromatic rings. The van der Waals surface area contributed by atoms with Crippen LogP contribution in [0.5, 0.6) is 0 Å². The van der Waals surface area contributed by atoms with Crippen molar-refractivity contribution in [2.45, 2.75) is 83.9 Å². The quantitative estimate of drug-likeness (QED) is 0.264. The molecule has 0 fully saturated rings. The van der Waals surface area contributed by atoms with Crippen molar-refractivity contribution in [3.8, 4) is 0 Å². The molecule has 176 valence electrons. The van der Waals surface area contributed by atoms with Crippen molar-refractivity contribution in [2.24, 2.45) is 5.41 Å². The van der Waals surface area contributed by atoms with Crippen molar-refractivity contribution in [3.05, 3.63) is 107 Å². The first-order valence-electron chi connectivity index (χ1n) is 12.6. The van der Waals surface area contributed by atoms with Gasteiger partial charge in [0.05, 0.1) is 0 Å². The van der Waals surface area contributed by atoms with E-state index in [-0.39, 0.29) is 0 Å². The van der Waals surface area contributed by atoms with E-state index in [1.807, 2.05) is 0 Å². The third-order valence-corrected chi connectivity index (χ3v) is 7.17. The first-order chi connectivity index (χ1) is 15.8. The molecule has 0 aliphatic heterocycles. The van der Waals surface area contributed by atoms with Crippen LogP contribution in [0.25, 0.3) is 0 Å². The lowest BCUT2D eigenvalue weighted by atomic mass is 9.78. The summed E-state index contributed by atoms with van der Waals surface area (Å²) in [6.45, 7) is 11.6. The van der Waals surface area contributed by atoms with Crippen LogP contribution in [0.3, 0.4) is 0 Å². The second-order valence-corrected chi connectivity index (χ2v) is 11.2. The largest absolute Gasteiger partial charge is 0.122 e. The minimum Gasteiger partial charge on any atom is -0.122 e. The molecule has 0 radical (unpaired) electrons. The van der Waals surface area contributed by atoms with E-state index < -0.39 is 0 Å². The zero-order valence-electron chi connectivity index (χ0n) is 21.2. The summed E-state index contributed by atoms with van der Waals surface area (Å²) in [4.78, 5) is 0. The van der Waals surface area contributed by atoms with E-state index in [1.165, 1.54) is 34.2 Å². The zero-order chi connectivity index (χ0) is 23.8. The summed E-state index contributed by atoms with van der Waals surface area (Å²) in [6, 6.07) is 29.4. The molecular weight excluding hydrogens is 420 g/mol. The molecule has 0 saturated heterocycles. The molecular formula is C32H41Cl. The van der Waals surface area contributed by atoms with Gasteiger partial charge in [-0.2, -0.15) is 0 Å². The van der Waals surface area contributed by atoms with E-state index in [0.717, 1.165) is 19.3 Å². The van der Waals surface area contributed by atoms with Gasteiger partial charge in [0.2, 0.25) is 0 Å². The highest BCUT2D eigenvalue weighted by molar-refractivity contribution is 6.17. The Morgan fingerprint density at radius 3 is 1.76 bits per heavy atom. The van der Waals surface area contributed by atoms with Crippen LogP contribution in [0.1, 0.15) is 99.5 Å². The highest BCUT2D eigenvalue weighted by Crippen LogP contribution is 2.38. The van der Waals surface area contributed by atoms with Crippen molar-refractivity contribution in [1.82, 2.24) is 0 Å². The van der Waals surface area contributed by atoms with Gasteiger partial charge in [-0.3, -0.25) is 0 Å². The Labute approximate surface area is 207 Å². The Bertz CT molecular complexity index is 948. The standard InChI is InChI=1S/C32H41Cl/c1-6-27(29-10-8-7-9-11-29)21-31(30-18-14-26(23-33)15-19-30)20-24(2)28-16-12-25(13-17-28)22-32(3,4)5/h7-19,24,27,31H,6,20-23H2,1-5H3. The van der Waals surface area contributed by atoms with Gasteiger partial charge in [-0.25, -0.2) is 0 Å². The zero-order valence-corrected chi connectivity index (χ0v) is 21.9. The summed E-state index contributed by atoms with van der Waals surface area (Å²) in [6.07, 6.45) is 4.61. The molecule has 0 heterocycles. The van der Waals surface area contributed by atoms with Crippen molar-refractivity contribution in [1.29, 1.82) is 0 Å². The van der Waals surface area contributed by atoms with Gasteiger partial charge in [0.15, 0.2) is 0 Å². The van der Waals surface area contributed by atoms with Gasteiger partial charge in [0.1, 0.15) is 0 Å². The number of halogens is 1. The van der Waals surface area contributed by atoms with Gasteiger partial charge >= 0.3 is 0 Å². The molecule has 33 heavy (non-hydrogen) atoms. The number of rotatable bonds is 10. The average Bonchev–Trinajstić information content (AvgIpc) is 2.81. The van der Waals surface area contributed by atoms with Crippen molar-refractivity contribution in [2.75, 3.05) is 0 Å². The maximum absolute atomic E-state index is 6.06. The first-order valence-corrected chi connectivity index (χ1v) is 13.1. The molecule has 0 spiro atoms. The SMILES string of the molecule is CCC(CC(CC(C)c1ccc(CC(C)(C)C)cc1)c1ccc(CCl)cc1)c1ccccc1. The maximum atomic E-state index is 6.06. The monoisotopic (exact) mass is 460 g/mol. The van der Waals surface area contributed by atoms with Crippen LogP contribution in [0, 0.1) is 5.41 Å². The van der Waals surface area contributed by atoms with Crippen LogP contribution in [0.15, 0.2) is 78.9 Å². The van der Waals surface area contributed by atoms with E-state index in [0.29, 0.717) is 29.0 Å². The number of alkyl halides is 1. The lowest BCUT2D eigenvalue weighted by molar-refractivity contribution is 0.411. The van der Waals surface area contributed by atoms with E-state index in [4.69, 9.17) is 11.6 Å². The molecule has 3 aromatic carbocycles. The van der Waals surface area contributed by atoms with Crippen LogP contribution in [-0.2, 0) is 12.3 Å². The Kier molecular flexibility index (Phi) is 9.21. The molecule has 0 aromatic heterocycles. The minimum atomic E-state index is 0.319. The van der Waals surface area contributed by atoms with Gasteiger partial charge < -0.3 is 0 Å². The van der Waals surface area contributed by atoms with Crippen molar-refractivity contribution >= 4 is 11.6 Å². The Hall–Kier alpha value is -2.05. The lowest BCUT2D eigenvalue weighted by Gasteiger charge is -2.27. The minimum absolute atomic E-state index is 0.319. The molecule has 0 N–H and O–H groups in total. The Morgan fingerprint density at radius 2 is 1.21 bits per heavy atom. The molecule has 0 nitrogen and oxygen atoms in total. The van der Waals surface area contributed by atoms with Crippen molar-refractivity contribution in [3.63, 3.8) is 0 Å². The summed E-state index contributed by atoms with van der Waals surface area (Å²) >= 11 is 6.06. The molecule has 0 bridgehead atoms. The van der Waals surface area contributed by atoms with Crippen LogP contribution in [0.2, 0.25) is 0 Å². The summed E-state index contributed by atoms with van der Waals surface area (Å²) in [7, 11) is 0. The van der Waals surface area contributed by atoms with Crippen LogP contribution in [-0.4, -0.2) is 0 Å². The summed E-state index contributed by atoms with van der Waals surface area (Å²) in [5, 5.41) is 0. The lowest BCUT2D eigenvalue weighted by Crippen LogP contribution is -2.11. The fourth-order valence-electron chi connectivity index (χ4n) is 4.99. The number of hydrogen-bond donors (Lipinski definition) is 0. The van der Waals surface area contributed by atoms with E-state index >= 15 is 0 Å². The third-order valence-electron chi connectivity index (χ3n) is 6.86. The van der Waals surface area contributed by atoms with Gasteiger partial charge in [-0.1, -0.05) is 113 Å². The molecule has 0 saturated carbocycles. The second kappa shape index (κ2) is 11.9. The Morgan fingerprint density at radius 1 is 0.667 bits per heavy atom. The topological polar surface area (TPSA) is 0 Å². The molecule has 3 rings (SSSR count). The highest BCUT2D eigenvalue weighted by atomic mass is 35.5. The van der Waals surface area contributed by atoms with E-state index in [9.17, 15) is 0 Å². The molecule has 0 aliphatic carbocycles. The predicted molar refractivity (Wildman–Crippen MR) is 145 cm³/mol. The molecule has 3 atom stereocenters. The summed E-state index contributed by atoms with van der Waals surface area (Å²) < 4.78 is 0. The average molecular weight is 461 g/mol. The Balaban J connectivity index is 1.81. The first kappa shape index (κ1) is 25.6. The van der Waals surface area contributed by atoms with Gasteiger partial charge in [-0.15, -0.1) is 11.6 Å². The number of benzene rings is 3. The molecule has 0 amide bonds. The smallest absolute Gasteiger partial charge is 0.0474 e. The predicted octanol–water partition coefficient (Wildman–Crippen LogP) is 9.88. The second-order valence-electron chi connectivity index (χ2n) is 10.9. The fourth-order valence-corrected chi connectivity index (χ4v) is 5.17. The molecule has 0 aliphatic rings. The maximum Gasteiger partial charge on any atom is 0.0474 e. The highest BCUT2D eigenvalue weighted by Gasteiger charge is 2.22. The van der Waals surface area contributed by atoms with Gasteiger partial charge in [-0.05, 0) is 76.7 Å². The third kappa shape index (κ3) is 7.75. The number of hydrogen-bond acceptors (Lipinski definition) is 0. The van der Waals surface area contributed by atoms with E-state index in [1.54, 1.807) is 0 Å². The van der Waals surface area contributed by atoms with Crippen LogP contribution in [0.4, 0.5) is 0 Å². The summed E-state index contributed by atoms with van der Waals surface area (Å²) in [5.41, 5.74) is 7.29. The normalized spacial score (nSPS) is 14.6. The fraction of sp³-hybridized carbons (Fsp3) is 0.438.